The Morgan fingerprint density at radius 2 is 2.13 bits per heavy atom. The summed E-state index contributed by atoms with van der Waals surface area (Å²) in [4.78, 5) is 29.9. The molecule has 1 saturated heterocycles. The van der Waals surface area contributed by atoms with E-state index in [1.807, 2.05) is 27.7 Å². The van der Waals surface area contributed by atoms with Crippen LogP contribution in [0, 0.1) is 0 Å². The number of nitrogens with zero attached hydrogens (tertiary/aromatic N) is 3. The zero-order chi connectivity index (χ0) is 27.1. The molecule has 0 saturated carbocycles. The van der Waals surface area contributed by atoms with Gasteiger partial charge in [-0.1, -0.05) is 28.9 Å². The van der Waals surface area contributed by atoms with Crippen molar-refractivity contribution in [3.05, 3.63) is 45.3 Å². The summed E-state index contributed by atoms with van der Waals surface area (Å²) in [5.74, 6) is 0.533. The smallest absolute Gasteiger partial charge is 0.438 e. The number of H-pyrrole nitrogens is 1. The van der Waals surface area contributed by atoms with E-state index in [1.165, 1.54) is 0 Å². The van der Waals surface area contributed by atoms with Crippen LogP contribution in [0.4, 0.5) is 0 Å². The molecule has 0 unspecified atom stereocenters. The molecule has 1 atom stereocenters. The molecule has 0 spiro atoms. The first-order chi connectivity index (χ1) is 18.4. The summed E-state index contributed by atoms with van der Waals surface area (Å²) in [7, 11) is 1.69. The molecule has 38 heavy (non-hydrogen) atoms. The average Bonchev–Trinajstić information content (AvgIpc) is 3.45. The number of nitrogens with one attached hydrogen (secondary N) is 2. The minimum atomic E-state index is -0.566. The van der Waals surface area contributed by atoms with Crippen molar-refractivity contribution in [3.63, 3.8) is 0 Å². The molecular weight excluding hydrogens is 510 g/mol. The van der Waals surface area contributed by atoms with Gasteiger partial charge in [0.15, 0.2) is 5.82 Å². The van der Waals surface area contributed by atoms with E-state index in [2.05, 4.69) is 33.8 Å². The second kappa shape index (κ2) is 13.3. The maximum atomic E-state index is 14.2. The molecule has 0 radical (unpaired) electrons. The fourth-order valence-electron chi connectivity index (χ4n) is 5.21. The predicted molar refractivity (Wildman–Crippen MR) is 146 cm³/mol. The van der Waals surface area contributed by atoms with Crippen LogP contribution in [0.5, 0.6) is 5.75 Å². The fourth-order valence-corrected chi connectivity index (χ4v) is 5.54. The summed E-state index contributed by atoms with van der Waals surface area (Å²) in [6.07, 6.45) is 4.84. The average molecular weight is 548 g/mol. The number of methoxy groups -OCH3 is 1. The van der Waals surface area contributed by atoms with Crippen LogP contribution in [-0.2, 0) is 17.7 Å². The Morgan fingerprint density at radius 1 is 1.29 bits per heavy atom. The molecule has 0 bridgehead atoms. The highest BCUT2D eigenvalue weighted by atomic mass is 35.5. The summed E-state index contributed by atoms with van der Waals surface area (Å²) in [5, 5.41) is 8.39. The number of carbonyl (C=O) groups is 1. The fraction of sp³-hybridized carbons (Fsp3) is 0.593. The number of rotatable bonds is 13. The first-order valence-corrected chi connectivity index (χ1v) is 13.8. The van der Waals surface area contributed by atoms with Gasteiger partial charge in [-0.2, -0.15) is 0 Å². The molecule has 1 aromatic carbocycles. The number of hydrogen-bond acceptors (Lipinski definition) is 7. The Hall–Kier alpha value is -2.82. The minimum absolute atomic E-state index is 0.0297. The topological polar surface area (TPSA) is 115 Å². The molecular formula is C27H38ClN5O5. The highest BCUT2D eigenvalue weighted by Crippen LogP contribution is 2.38. The maximum Gasteiger partial charge on any atom is 0.438 e. The van der Waals surface area contributed by atoms with Gasteiger partial charge in [-0.3, -0.25) is 14.3 Å². The lowest BCUT2D eigenvalue weighted by atomic mass is 10.0. The van der Waals surface area contributed by atoms with Crippen LogP contribution < -0.4 is 15.8 Å². The lowest BCUT2D eigenvalue weighted by molar-refractivity contribution is 0.0562. The van der Waals surface area contributed by atoms with Crippen molar-refractivity contribution in [2.45, 2.75) is 71.0 Å². The summed E-state index contributed by atoms with van der Waals surface area (Å²) in [5.41, 5.74) is 1.33. The van der Waals surface area contributed by atoms with E-state index < -0.39 is 5.76 Å². The maximum absolute atomic E-state index is 14.2. The van der Waals surface area contributed by atoms with Crippen molar-refractivity contribution in [1.29, 1.82) is 0 Å². The molecule has 4 rings (SSSR count). The van der Waals surface area contributed by atoms with Crippen LogP contribution in [-0.4, -0.2) is 71.0 Å². The molecule has 0 aliphatic carbocycles. The van der Waals surface area contributed by atoms with Crippen molar-refractivity contribution in [2.24, 2.45) is 0 Å². The van der Waals surface area contributed by atoms with Crippen LogP contribution in [0.25, 0.3) is 10.9 Å². The van der Waals surface area contributed by atoms with E-state index in [0.717, 1.165) is 49.7 Å². The van der Waals surface area contributed by atoms with Crippen molar-refractivity contribution >= 4 is 28.4 Å². The van der Waals surface area contributed by atoms with Crippen LogP contribution in [0.1, 0.15) is 62.3 Å². The Labute approximate surface area is 227 Å². The zero-order valence-electron chi connectivity index (χ0n) is 22.4. The van der Waals surface area contributed by atoms with Crippen LogP contribution in [0.2, 0.25) is 5.02 Å². The highest BCUT2D eigenvalue weighted by molar-refractivity contribution is 6.39. The van der Waals surface area contributed by atoms with Crippen molar-refractivity contribution < 1.29 is 18.8 Å². The number of ether oxygens (including phenoxy) is 2. The molecule has 208 valence electrons. The number of para-hydroxylation sites is 1. The first-order valence-electron chi connectivity index (χ1n) is 13.4. The third-order valence-electron chi connectivity index (χ3n) is 6.92. The molecule has 1 fully saturated rings. The van der Waals surface area contributed by atoms with Crippen molar-refractivity contribution in [3.8, 4) is 5.75 Å². The molecule has 11 heteroatoms. The minimum Gasteiger partial charge on any atom is -0.491 e. The monoisotopic (exact) mass is 547 g/mol. The number of aromatic amines is 1. The van der Waals surface area contributed by atoms with Crippen LogP contribution in [0.15, 0.2) is 27.5 Å². The van der Waals surface area contributed by atoms with Crippen LogP contribution >= 0.6 is 11.6 Å². The number of unbranched alkanes of at least 4 members (excludes halogenated alkanes) is 1. The number of aryl methyl sites for hydroxylation is 2. The Balaban J connectivity index is 1.66. The zero-order valence-corrected chi connectivity index (χ0v) is 23.2. The summed E-state index contributed by atoms with van der Waals surface area (Å²) in [6, 6.07) is 5.89. The SMILES string of the molecule is COCCCCn1c(C(=O)N(C(C)C)[C@@H]2CCCNC2)c(Cl)c2cccc(OCCCc3noc(=O)[nH]3)c21. The number of carbonyl (C=O) groups excluding carboxylic acids is 1. The number of piperidine rings is 1. The van der Waals surface area contributed by atoms with Crippen LogP contribution in [0.3, 0.4) is 0 Å². The third-order valence-corrected chi connectivity index (χ3v) is 7.30. The normalized spacial score (nSPS) is 15.9. The van der Waals surface area contributed by atoms with Gasteiger partial charge in [-0.05, 0) is 58.6 Å². The molecule has 3 heterocycles. The molecule has 2 aromatic heterocycles. The molecule has 2 N–H and O–H groups in total. The second-order valence-electron chi connectivity index (χ2n) is 9.97. The number of aromatic nitrogens is 3. The van der Waals surface area contributed by atoms with Gasteiger partial charge in [0.2, 0.25) is 0 Å². The number of fused-ring (bicyclic) bond motifs is 1. The predicted octanol–water partition coefficient (Wildman–Crippen LogP) is 4.01. The number of halogens is 1. The van der Waals surface area contributed by atoms with E-state index in [1.54, 1.807) is 7.11 Å². The van der Waals surface area contributed by atoms with E-state index in [-0.39, 0.29) is 18.0 Å². The third kappa shape index (κ3) is 6.42. The Morgan fingerprint density at radius 3 is 2.82 bits per heavy atom. The van der Waals surface area contributed by atoms with Gasteiger partial charge in [-0.15, -0.1) is 0 Å². The van der Waals surface area contributed by atoms with Gasteiger partial charge in [0.1, 0.15) is 11.4 Å². The Kier molecular flexibility index (Phi) is 9.87. The van der Waals surface area contributed by atoms with Gasteiger partial charge in [0, 0.05) is 50.7 Å². The van der Waals surface area contributed by atoms with Gasteiger partial charge < -0.3 is 24.3 Å². The summed E-state index contributed by atoms with van der Waals surface area (Å²) >= 11 is 6.98. The van der Waals surface area contributed by atoms with Crippen molar-refractivity contribution in [2.75, 3.05) is 33.4 Å². The molecule has 3 aromatic rings. The quantitative estimate of drug-likeness (QED) is 0.311. The second-order valence-corrected chi connectivity index (χ2v) is 10.3. The number of amides is 1. The van der Waals surface area contributed by atoms with Crippen molar-refractivity contribution in [1.82, 2.24) is 24.9 Å². The standard InChI is InChI=1S/C27H38ClN5O5/c1-18(2)33(19-9-7-13-29-17-19)26(34)25-23(28)20-10-6-11-21(24(20)32(25)14-4-5-15-36-3)37-16-8-12-22-30-27(35)38-31-22/h6,10-11,18-19,29H,4-5,7-9,12-17H2,1-3H3,(H,30,31,35)/t19-/m1/s1. The molecule has 1 amide bonds. The largest absolute Gasteiger partial charge is 0.491 e. The lowest BCUT2D eigenvalue weighted by Gasteiger charge is -2.38. The van der Waals surface area contributed by atoms with Gasteiger partial charge in [0.05, 0.1) is 17.1 Å². The van der Waals surface area contributed by atoms with E-state index in [0.29, 0.717) is 54.9 Å². The Bertz CT molecular complexity index is 1260. The van der Waals surface area contributed by atoms with E-state index >= 15 is 0 Å². The van der Waals surface area contributed by atoms with Gasteiger partial charge in [-0.25, -0.2) is 4.79 Å². The first kappa shape index (κ1) is 28.2. The van der Waals surface area contributed by atoms with E-state index in [4.69, 9.17) is 21.1 Å². The number of benzene rings is 1. The molecule has 1 aliphatic rings. The molecule has 1 aliphatic heterocycles. The lowest BCUT2D eigenvalue weighted by Crippen LogP contribution is -2.52. The summed E-state index contributed by atoms with van der Waals surface area (Å²) < 4.78 is 18.0. The summed E-state index contributed by atoms with van der Waals surface area (Å²) in [6.45, 7) is 7.53. The van der Waals surface area contributed by atoms with Gasteiger partial charge in [0.25, 0.3) is 5.91 Å². The van der Waals surface area contributed by atoms with E-state index in [9.17, 15) is 9.59 Å². The highest BCUT2D eigenvalue weighted by Gasteiger charge is 2.33. The van der Waals surface area contributed by atoms with Gasteiger partial charge >= 0.3 is 5.76 Å². The number of hydrogen-bond donors (Lipinski definition) is 2. The molecule has 10 nitrogen and oxygen atoms in total.